The summed E-state index contributed by atoms with van der Waals surface area (Å²) in [5, 5.41) is 12.9. The lowest BCUT2D eigenvalue weighted by atomic mass is 9.43. The van der Waals surface area contributed by atoms with Gasteiger partial charge in [0.05, 0.1) is 12.5 Å². The molecule has 0 spiro atoms. The number of nitrogens with zero attached hydrogens (tertiary/aromatic N) is 1. The number of ether oxygens (including phenoxy) is 1. The fraction of sp³-hybridized carbons (Fsp3) is 0.333. The number of rotatable bonds is 5. The number of para-hydroxylation sites is 1. The van der Waals surface area contributed by atoms with E-state index in [0.717, 1.165) is 18.4 Å². The molecule has 2 aromatic carbocycles. The average Bonchev–Trinajstić information content (AvgIpc) is 3.56. The van der Waals surface area contributed by atoms with Crippen LogP contribution in [0.15, 0.2) is 66.1 Å². The molecule has 1 aliphatic heterocycles. The van der Waals surface area contributed by atoms with E-state index in [1.54, 1.807) is 35.5 Å². The second kappa shape index (κ2) is 8.34. The van der Waals surface area contributed by atoms with Gasteiger partial charge in [-0.25, -0.2) is 0 Å². The van der Waals surface area contributed by atoms with Crippen LogP contribution >= 0.6 is 11.3 Å². The molecule has 0 unspecified atom stereocenters. The molecule has 4 aliphatic rings. The molecule has 1 aromatic heterocycles. The third-order valence-electron chi connectivity index (χ3n) is 8.83. The van der Waals surface area contributed by atoms with E-state index in [1.165, 1.54) is 21.6 Å². The number of aliphatic carboxylic acids is 1. The molecule has 1 saturated carbocycles. The summed E-state index contributed by atoms with van der Waals surface area (Å²) in [5.41, 5.74) is 3.04. The number of hydrogen-bond acceptors (Lipinski definition) is 4. The molecule has 3 aromatic rings. The van der Waals surface area contributed by atoms with Gasteiger partial charge in [0.2, 0.25) is 5.91 Å². The molecular formula is C30H29NO4S. The number of carbonyl (C=O) groups excluding carboxylic acids is 1. The van der Waals surface area contributed by atoms with Crippen LogP contribution in [0.2, 0.25) is 0 Å². The molecule has 1 saturated heterocycles. The van der Waals surface area contributed by atoms with E-state index >= 15 is 0 Å². The second-order valence-corrected chi connectivity index (χ2v) is 11.3. The minimum Gasteiger partial charge on any atom is -0.496 e. The predicted octanol–water partition coefficient (Wildman–Crippen LogP) is 5.49. The summed E-state index contributed by atoms with van der Waals surface area (Å²) in [5.74, 6) is -0.498. The fourth-order valence-electron chi connectivity index (χ4n) is 7.23. The molecule has 7 rings (SSSR count). The van der Waals surface area contributed by atoms with Gasteiger partial charge < -0.3 is 14.7 Å². The SMILES string of the molecule is COc1ccccc1/C=C/C(=O)N1C[C@H]2[C@]3(c4ccc(C)cc4)CC[C@@H](c4sccc43)[C@@]2(C(=O)O)C1. The van der Waals surface area contributed by atoms with Gasteiger partial charge in [-0.1, -0.05) is 48.0 Å². The largest absolute Gasteiger partial charge is 0.496 e. The standard InChI is InChI=1S/C30H29NO4S/c1-19-7-10-21(11-8-19)29-15-13-22(27-23(29)14-16-36-27)30(28(33)34)18-31(17-25(29)30)26(32)12-9-20-5-3-4-6-24(20)35-2/h3-12,14,16,22,25H,13,15,17-18H2,1-2H3,(H,33,34)/b12-9+/t22-,25-,29-,30-/m0/s1. The van der Waals surface area contributed by atoms with Crippen LogP contribution in [-0.4, -0.2) is 42.1 Å². The van der Waals surface area contributed by atoms with Crippen LogP contribution in [0.25, 0.3) is 6.08 Å². The van der Waals surface area contributed by atoms with Gasteiger partial charge in [0, 0.05) is 46.9 Å². The number of fused-ring (bicyclic) bond motifs is 1. The Bertz CT molecular complexity index is 1380. The molecule has 36 heavy (non-hydrogen) atoms. The summed E-state index contributed by atoms with van der Waals surface area (Å²) in [6, 6.07) is 18.3. The van der Waals surface area contributed by atoms with Crippen LogP contribution in [0.5, 0.6) is 5.75 Å². The predicted molar refractivity (Wildman–Crippen MR) is 140 cm³/mol. The maximum absolute atomic E-state index is 13.5. The van der Waals surface area contributed by atoms with Crippen molar-refractivity contribution in [3.63, 3.8) is 0 Å². The maximum atomic E-state index is 13.5. The first-order chi connectivity index (χ1) is 17.4. The van der Waals surface area contributed by atoms with Crippen LogP contribution in [0.4, 0.5) is 0 Å². The Kier molecular flexibility index (Phi) is 5.34. The normalized spacial score (nSPS) is 28.2. The number of carbonyl (C=O) groups is 2. The molecule has 1 N–H and O–H groups in total. The first kappa shape index (κ1) is 23.0. The van der Waals surface area contributed by atoms with Crippen molar-refractivity contribution >= 4 is 29.3 Å². The number of aryl methyl sites for hydroxylation is 1. The molecule has 2 bridgehead atoms. The van der Waals surface area contributed by atoms with Crippen LogP contribution < -0.4 is 4.74 Å². The summed E-state index contributed by atoms with van der Waals surface area (Å²) >= 11 is 1.68. The highest BCUT2D eigenvalue weighted by Crippen LogP contribution is 2.69. The number of amides is 1. The van der Waals surface area contributed by atoms with E-state index in [1.807, 2.05) is 24.3 Å². The highest BCUT2D eigenvalue weighted by atomic mass is 32.1. The van der Waals surface area contributed by atoms with E-state index in [9.17, 15) is 14.7 Å². The highest BCUT2D eigenvalue weighted by molar-refractivity contribution is 7.10. The van der Waals surface area contributed by atoms with Crippen molar-refractivity contribution < 1.29 is 19.4 Å². The van der Waals surface area contributed by atoms with Gasteiger partial charge in [0.25, 0.3) is 0 Å². The third-order valence-corrected chi connectivity index (χ3v) is 9.87. The van der Waals surface area contributed by atoms with Crippen LogP contribution in [-0.2, 0) is 15.0 Å². The molecule has 184 valence electrons. The van der Waals surface area contributed by atoms with Crippen molar-refractivity contribution in [3.8, 4) is 5.75 Å². The average molecular weight is 500 g/mol. The summed E-state index contributed by atoms with van der Waals surface area (Å²) in [6.45, 7) is 2.74. The van der Waals surface area contributed by atoms with Crippen LogP contribution in [0.3, 0.4) is 0 Å². The molecule has 6 heteroatoms. The Labute approximate surface area is 215 Å². The van der Waals surface area contributed by atoms with Gasteiger partial charge in [-0.2, -0.15) is 0 Å². The molecular weight excluding hydrogens is 470 g/mol. The van der Waals surface area contributed by atoms with E-state index in [0.29, 0.717) is 12.3 Å². The quantitative estimate of drug-likeness (QED) is 0.472. The van der Waals surface area contributed by atoms with Crippen molar-refractivity contribution in [1.82, 2.24) is 4.90 Å². The zero-order chi connectivity index (χ0) is 25.1. The molecule has 1 amide bonds. The van der Waals surface area contributed by atoms with Crippen molar-refractivity contribution in [1.29, 1.82) is 0 Å². The van der Waals surface area contributed by atoms with Crippen molar-refractivity contribution in [2.45, 2.75) is 31.1 Å². The summed E-state index contributed by atoms with van der Waals surface area (Å²) < 4.78 is 5.41. The molecule has 0 radical (unpaired) electrons. The van der Waals surface area contributed by atoms with E-state index in [-0.39, 0.29) is 24.3 Å². The number of likely N-dealkylation sites (tertiary alicyclic amines) is 1. The summed E-state index contributed by atoms with van der Waals surface area (Å²) in [4.78, 5) is 29.6. The third kappa shape index (κ3) is 3.07. The van der Waals surface area contributed by atoms with Gasteiger partial charge in [-0.05, 0) is 54.5 Å². The second-order valence-electron chi connectivity index (χ2n) is 10.3. The number of thiophene rings is 1. The monoisotopic (exact) mass is 499 g/mol. The van der Waals surface area contributed by atoms with Gasteiger partial charge in [-0.15, -0.1) is 11.3 Å². The zero-order valence-corrected chi connectivity index (χ0v) is 21.3. The minimum atomic E-state index is -0.991. The Morgan fingerprint density at radius 3 is 2.67 bits per heavy atom. The zero-order valence-electron chi connectivity index (χ0n) is 20.4. The van der Waals surface area contributed by atoms with Crippen molar-refractivity contribution in [2.24, 2.45) is 11.3 Å². The molecule has 2 heterocycles. The smallest absolute Gasteiger partial charge is 0.312 e. The number of methoxy groups -OCH3 is 1. The highest BCUT2D eigenvalue weighted by Gasteiger charge is 2.71. The number of hydrogen-bond donors (Lipinski definition) is 1. The lowest BCUT2D eigenvalue weighted by Gasteiger charge is -2.58. The van der Waals surface area contributed by atoms with Crippen molar-refractivity contribution in [3.05, 3.63) is 93.2 Å². The van der Waals surface area contributed by atoms with Gasteiger partial charge in [0.1, 0.15) is 5.75 Å². The number of benzene rings is 2. The Morgan fingerprint density at radius 1 is 1.14 bits per heavy atom. The first-order valence-electron chi connectivity index (χ1n) is 12.4. The van der Waals surface area contributed by atoms with Crippen molar-refractivity contribution in [2.75, 3.05) is 20.2 Å². The van der Waals surface area contributed by atoms with E-state index < -0.39 is 16.8 Å². The van der Waals surface area contributed by atoms with Crippen LogP contribution in [0.1, 0.15) is 45.9 Å². The molecule has 3 aliphatic carbocycles. The minimum absolute atomic E-state index is 0.0710. The number of carboxylic acids is 1. The van der Waals surface area contributed by atoms with Gasteiger partial charge >= 0.3 is 5.97 Å². The van der Waals surface area contributed by atoms with Crippen LogP contribution in [0, 0.1) is 18.3 Å². The fourth-order valence-corrected chi connectivity index (χ4v) is 8.45. The summed E-state index contributed by atoms with van der Waals surface area (Å²) in [7, 11) is 1.61. The lowest BCUT2D eigenvalue weighted by molar-refractivity contribution is -0.157. The Balaban J connectivity index is 1.43. The number of carboxylic acid groups (broad SMARTS) is 1. The molecule has 2 fully saturated rings. The summed E-state index contributed by atoms with van der Waals surface area (Å²) in [6.07, 6.45) is 5.05. The van der Waals surface area contributed by atoms with Gasteiger partial charge in [0.15, 0.2) is 0 Å². The lowest BCUT2D eigenvalue weighted by Crippen LogP contribution is -2.59. The van der Waals surface area contributed by atoms with Gasteiger partial charge in [-0.3, -0.25) is 9.59 Å². The Morgan fingerprint density at radius 2 is 1.92 bits per heavy atom. The van der Waals surface area contributed by atoms with E-state index in [2.05, 4.69) is 42.6 Å². The maximum Gasteiger partial charge on any atom is 0.312 e. The molecule has 4 atom stereocenters. The topological polar surface area (TPSA) is 66.8 Å². The first-order valence-corrected chi connectivity index (χ1v) is 13.3. The molecule has 5 nitrogen and oxygen atoms in total. The Hall–Kier alpha value is -3.38. The van der Waals surface area contributed by atoms with E-state index in [4.69, 9.17) is 4.74 Å².